The minimum absolute atomic E-state index is 0.205. The third-order valence-corrected chi connectivity index (χ3v) is 5.44. The minimum Gasteiger partial charge on any atom is -0.341 e. The molecule has 2 rings (SSSR count). The maximum Gasteiger partial charge on any atom is 0.225 e. The fraction of sp³-hybridized carbons (Fsp3) is 0.929. The summed E-state index contributed by atoms with van der Waals surface area (Å²) >= 11 is 2.02. The Hall–Kier alpha value is -0.220. The zero-order chi connectivity index (χ0) is 13.0. The Morgan fingerprint density at radius 1 is 1.44 bits per heavy atom. The highest BCUT2D eigenvalue weighted by Gasteiger charge is 2.32. The lowest BCUT2D eigenvalue weighted by molar-refractivity contribution is -0.137. The van der Waals surface area contributed by atoms with E-state index in [1.54, 1.807) is 0 Å². The molecule has 3 nitrogen and oxygen atoms in total. The van der Waals surface area contributed by atoms with Crippen molar-refractivity contribution < 1.29 is 4.79 Å². The van der Waals surface area contributed by atoms with Crippen LogP contribution in [0.25, 0.3) is 0 Å². The largest absolute Gasteiger partial charge is 0.341 e. The molecule has 2 atom stereocenters. The van der Waals surface area contributed by atoms with Crippen molar-refractivity contribution in [3.63, 3.8) is 0 Å². The van der Waals surface area contributed by atoms with Gasteiger partial charge in [-0.3, -0.25) is 4.79 Å². The van der Waals surface area contributed by atoms with E-state index in [2.05, 4.69) is 24.1 Å². The van der Waals surface area contributed by atoms with E-state index < -0.39 is 0 Å². The smallest absolute Gasteiger partial charge is 0.225 e. The van der Waals surface area contributed by atoms with Crippen molar-refractivity contribution in [2.24, 2.45) is 11.8 Å². The summed E-state index contributed by atoms with van der Waals surface area (Å²) in [4.78, 5) is 14.7. The molecular formula is C14H26N2OS. The fourth-order valence-electron chi connectivity index (χ4n) is 2.83. The van der Waals surface area contributed by atoms with Crippen LogP contribution in [0.3, 0.4) is 0 Å². The van der Waals surface area contributed by atoms with Crippen molar-refractivity contribution >= 4 is 17.7 Å². The van der Waals surface area contributed by atoms with Gasteiger partial charge < -0.3 is 10.2 Å². The Labute approximate surface area is 115 Å². The normalized spacial score (nSPS) is 27.4. The number of nitrogens with zero attached hydrogens (tertiary/aromatic N) is 1. The molecule has 2 unspecified atom stereocenters. The van der Waals surface area contributed by atoms with Crippen LogP contribution in [0.2, 0.25) is 0 Å². The number of carbonyl (C=O) groups excluding carboxylic acids is 1. The Bertz CT molecular complexity index is 281. The first-order chi connectivity index (χ1) is 8.72. The number of amides is 1. The number of carbonyl (C=O) groups is 1. The van der Waals surface area contributed by atoms with E-state index in [4.69, 9.17) is 0 Å². The maximum atomic E-state index is 12.5. The molecule has 1 amide bonds. The van der Waals surface area contributed by atoms with Gasteiger partial charge >= 0.3 is 0 Å². The molecule has 2 heterocycles. The second-order valence-electron chi connectivity index (χ2n) is 5.56. The first-order valence-corrected chi connectivity index (χ1v) is 8.38. The van der Waals surface area contributed by atoms with E-state index in [1.807, 2.05) is 11.8 Å². The molecule has 0 saturated carbocycles. The zero-order valence-corrected chi connectivity index (χ0v) is 12.5. The molecule has 4 heteroatoms. The highest BCUT2D eigenvalue weighted by atomic mass is 32.2. The van der Waals surface area contributed by atoms with Gasteiger partial charge in [0.05, 0.1) is 0 Å². The molecule has 0 aliphatic carbocycles. The molecule has 1 N–H and O–H groups in total. The molecule has 2 aliphatic rings. The molecule has 0 aromatic heterocycles. The van der Waals surface area contributed by atoms with Crippen LogP contribution in [0.5, 0.6) is 0 Å². The molecule has 0 spiro atoms. The van der Waals surface area contributed by atoms with Gasteiger partial charge in [-0.1, -0.05) is 20.3 Å². The van der Waals surface area contributed by atoms with Crippen LogP contribution in [-0.4, -0.2) is 48.0 Å². The summed E-state index contributed by atoms with van der Waals surface area (Å²) in [6.45, 7) is 8.32. The Balaban J connectivity index is 1.90. The van der Waals surface area contributed by atoms with Crippen molar-refractivity contribution in [1.82, 2.24) is 10.2 Å². The summed E-state index contributed by atoms with van der Waals surface area (Å²) in [5.41, 5.74) is 0. The van der Waals surface area contributed by atoms with Crippen LogP contribution in [0.4, 0.5) is 0 Å². The second-order valence-corrected chi connectivity index (χ2v) is 7.14. The van der Waals surface area contributed by atoms with Crippen molar-refractivity contribution in [1.29, 1.82) is 0 Å². The molecule has 0 bridgehead atoms. The van der Waals surface area contributed by atoms with Gasteiger partial charge in [0.2, 0.25) is 5.91 Å². The van der Waals surface area contributed by atoms with Gasteiger partial charge in [-0.25, -0.2) is 0 Å². The van der Waals surface area contributed by atoms with Crippen LogP contribution in [-0.2, 0) is 4.79 Å². The summed E-state index contributed by atoms with van der Waals surface area (Å²) in [5.74, 6) is 2.33. The number of likely N-dealkylation sites (tertiary alicyclic amines) is 1. The van der Waals surface area contributed by atoms with Crippen molar-refractivity contribution in [2.75, 3.05) is 31.9 Å². The van der Waals surface area contributed by atoms with E-state index in [9.17, 15) is 4.79 Å². The standard InChI is InChI=1S/C14H26N2OS/c1-3-18-13-6-4-5-7-16(10-13)14(17)11(2)12-8-15-9-12/h11-13,15H,3-10H2,1-2H3. The molecule has 18 heavy (non-hydrogen) atoms. The quantitative estimate of drug-likeness (QED) is 0.848. The topological polar surface area (TPSA) is 32.3 Å². The van der Waals surface area contributed by atoms with Crippen molar-refractivity contribution in [2.45, 2.75) is 38.4 Å². The Morgan fingerprint density at radius 3 is 2.83 bits per heavy atom. The van der Waals surface area contributed by atoms with Gasteiger partial charge in [0.15, 0.2) is 0 Å². The molecule has 2 saturated heterocycles. The number of thioether (sulfide) groups is 1. The van der Waals surface area contributed by atoms with Crippen molar-refractivity contribution in [3.8, 4) is 0 Å². The summed E-state index contributed by atoms with van der Waals surface area (Å²) in [7, 11) is 0. The minimum atomic E-state index is 0.205. The van der Waals surface area contributed by atoms with Gasteiger partial charge in [-0.15, -0.1) is 0 Å². The summed E-state index contributed by atoms with van der Waals surface area (Å²) in [5, 5.41) is 3.93. The molecule has 0 aromatic rings. The average Bonchev–Trinajstić information content (AvgIpc) is 2.52. The van der Waals surface area contributed by atoms with Gasteiger partial charge in [0.25, 0.3) is 0 Å². The Morgan fingerprint density at radius 2 is 2.22 bits per heavy atom. The first-order valence-electron chi connectivity index (χ1n) is 7.33. The van der Waals surface area contributed by atoms with E-state index in [-0.39, 0.29) is 5.92 Å². The third kappa shape index (κ3) is 3.41. The van der Waals surface area contributed by atoms with Gasteiger partial charge in [-0.2, -0.15) is 11.8 Å². The molecule has 104 valence electrons. The lowest BCUT2D eigenvalue weighted by atomic mass is 9.88. The number of nitrogens with one attached hydrogen (secondary N) is 1. The fourth-order valence-corrected chi connectivity index (χ4v) is 3.92. The van der Waals surface area contributed by atoms with Crippen LogP contribution in [0.1, 0.15) is 33.1 Å². The second kappa shape index (κ2) is 6.80. The van der Waals surface area contributed by atoms with Gasteiger partial charge in [0.1, 0.15) is 0 Å². The van der Waals surface area contributed by atoms with E-state index in [0.717, 1.165) is 31.9 Å². The van der Waals surface area contributed by atoms with Crippen LogP contribution < -0.4 is 5.32 Å². The van der Waals surface area contributed by atoms with Crippen LogP contribution in [0.15, 0.2) is 0 Å². The van der Waals surface area contributed by atoms with E-state index in [1.165, 1.54) is 19.3 Å². The predicted octanol–water partition coefficient (Wildman–Crippen LogP) is 1.98. The van der Waals surface area contributed by atoms with Crippen molar-refractivity contribution in [3.05, 3.63) is 0 Å². The molecular weight excluding hydrogens is 244 g/mol. The molecule has 2 fully saturated rings. The summed E-state index contributed by atoms with van der Waals surface area (Å²) in [6.07, 6.45) is 3.74. The van der Waals surface area contributed by atoms with Gasteiger partial charge in [-0.05, 0) is 37.6 Å². The van der Waals surface area contributed by atoms with E-state index >= 15 is 0 Å². The highest BCUT2D eigenvalue weighted by Crippen LogP contribution is 2.25. The highest BCUT2D eigenvalue weighted by molar-refractivity contribution is 7.99. The first kappa shape index (κ1) is 14.2. The number of hydrogen-bond acceptors (Lipinski definition) is 3. The van der Waals surface area contributed by atoms with Crippen LogP contribution >= 0.6 is 11.8 Å². The zero-order valence-electron chi connectivity index (χ0n) is 11.7. The summed E-state index contributed by atoms with van der Waals surface area (Å²) < 4.78 is 0. The SMILES string of the molecule is CCSC1CCCCN(C(=O)C(C)C2CNC2)C1. The van der Waals surface area contributed by atoms with Crippen LogP contribution in [0, 0.1) is 11.8 Å². The molecule has 2 aliphatic heterocycles. The number of hydrogen-bond donors (Lipinski definition) is 1. The average molecular weight is 270 g/mol. The third-order valence-electron chi connectivity index (χ3n) is 4.25. The van der Waals surface area contributed by atoms with Gasteiger partial charge in [0, 0.05) is 24.3 Å². The lowest BCUT2D eigenvalue weighted by Crippen LogP contribution is -2.51. The Kier molecular flexibility index (Phi) is 5.37. The molecule has 0 radical (unpaired) electrons. The lowest BCUT2D eigenvalue weighted by Gasteiger charge is -2.35. The predicted molar refractivity (Wildman–Crippen MR) is 77.9 cm³/mol. The maximum absolute atomic E-state index is 12.5. The van der Waals surface area contributed by atoms with E-state index in [0.29, 0.717) is 17.1 Å². The molecule has 0 aromatic carbocycles. The number of rotatable bonds is 4. The monoisotopic (exact) mass is 270 g/mol. The summed E-state index contributed by atoms with van der Waals surface area (Å²) in [6, 6.07) is 0.